The number of carbonyl (C=O) groups is 2. The highest BCUT2D eigenvalue weighted by Crippen LogP contribution is 2.15. The summed E-state index contributed by atoms with van der Waals surface area (Å²) in [6, 6.07) is 9.15. The fourth-order valence-electron chi connectivity index (χ4n) is 3.10. The van der Waals surface area contributed by atoms with Crippen molar-refractivity contribution in [1.82, 2.24) is 30.4 Å². The molecule has 3 heterocycles. The lowest BCUT2D eigenvalue weighted by molar-refractivity contribution is -0.130. The summed E-state index contributed by atoms with van der Waals surface area (Å²) in [5.41, 5.74) is 1.08. The predicted octanol–water partition coefficient (Wildman–Crippen LogP) is 0.432. The van der Waals surface area contributed by atoms with Gasteiger partial charge in [0.15, 0.2) is 5.69 Å². The fraction of sp³-hybridized carbons (Fsp3) is 0.278. The van der Waals surface area contributed by atoms with Crippen LogP contribution in [0.25, 0.3) is 10.9 Å². The van der Waals surface area contributed by atoms with Crippen LogP contribution < -0.4 is 10.2 Å². The summed E-state index contributed by atoms with van der Waals surface area (Å²) in [5, 5.41) is 10.3. The maximum atomic E-state index is 12.4. The van der Waals surface area contributed by atoms with Crippen molar-refractivity contribution in [2.24, 2.45) is 0 Å². The average Bonchev–Trinajstić information content (AvgIpc) is 3.17. The molecule has 9 nitrogen and oxygen atoms in total. The van der Waals surface area contributed by atoms with Crippen molar-refractivity contribution in [3.8, 4) is 0 Å². The second-order valence-electron chi connectivity index (χ2n) is 6.22. The Hall–Kier alpha value is -3.49. The molecule has 0 unspecified atom stereocenters. The van der Waals surface area contributed by atoms with E-state index in [1.807, 2.05) is 29.2 Å². The quantitative estimate of drug-likeness (QED) is 0.694. The summed E-state index contributed by atoms with van der Waals surface area (Å²) in [5.74, 6) is 0.192. The first-order valence-electron chi connectivity index (χ1n) is 8.73. The molecule has 2 amide bonds. The Bertz CT molecular complexity index is 949. The number of benzene rings is 1. The molecule has 0 saturated carbocycles. The molecular weight excluding hydrogens is 346 g/mol. The molecule has 2 N–H and O–H groups in total. The van der Waals surface area contributed by atoms with E-state index in [1.54, 1.807) is 23.4 Å². The summed E-state index contributed by atoms with van der Waals surface area (Å²) in [7, 11) is 0. The Balaban J connectivity index is 1.30. The molecule has 0 spiro atoms. The van der Waals surface area contributed by atoms with E-state index in [0.29, 0.717) is 37.8 Å². The first kappa shape index (κ1) is 17.0. The molecule has 1 aliphatic rings. The van der Waals surface area contributed by atoms with E-state index in [0.717, 1.165) is 10.9 Å². The first-order valence-corrected chi connectivity index (χ1v) is 8.73. The largest absolute Gasteiger partial charge is 0.342 e. The van der Waals surface area contributed by atoms with Gasteiger partial charge in [-0.15, -0.1) is 0 Å². The summed E-state index contributed by atoms with van der Waals surface area (Å²) in [4.78, 5) is 37.0. The molecule has 4 rings (SSSR count). The highest BCUT2D eigenvalue weighted by atomic mass is 16.2. The van der Waals surface area contributed by atoms with Crippen LogP contribution in [0.4, 0.5) is 5.95 Å². The summed E-state index contributed by atoms with van der Waals surface area (Å²) < 4.78 is 0. The fourth-order valence-corrected chi connectivity index (χ4v) is 3.10. The normalized spacial score (nSPS) is 14.4. The number of hydrogen-bond acceptors (Lipinski definition) is 6. The maximum Gasteiger partial charge on any atom is 0.272 e. The Labute approximate surface area is 155 Å². The molecule has 1 aromatic carbocycles. The van der Waals surface area contributed by atoms with Crippen LogP contribution in [-0.4, -0.2) is 69.6 Å². The van der Waals surface area contributed by atoms with Crippen LogP contribution in [0.15, 0.2) is 42.7 Å². The molecule has 2 aromatic heterocycles. The number of fused-ring (bicyclic) bond motifs is 1. The highest BCUT2D eigenvalue weighted by Gasteiger charge is 2.23. The molecule has 0 atom stereocenters. The lowest BCUT2D eigenvalue weighted by Gasteiger charge is -2.34. The second kappa shape index (κ2) is 7.40. The minimum atomic E-state index is -0.364. The first-order chi connectivity index (χ1) is 13.2. The van der Waals surface area contributed by atoms with E-state index in [4.69, 9.17) is 0 Å². The van der Waals surface area contributed by atoms with Gasteiger partial charge in [0.05, 0.1) is 12.1 Å². The summed E-state index contributed by atoms with van der Waals surface area (Å²) >= 11 is 0. The molecule has 1 aliphatic heterocycles. The van der Waals surface area contributed by atoms with Crippen LogP contribution >= 0.6 is 0 Å². The molecule has 0 aliphatic carbocycles. The van der Waals surface area contributed by atoms with Gasteiger partial charge in [-0.25, -0.2) is 9.97 Å². The van der Waals surface area contributed by atoms with Crippen LogP contribution in [0.1, 0.15) is 10.5 Å². The lowest BCUT2D eigenvalue weighted by atomic mass is 10.2. The van der Waals surface area contributed by atoms with E-state index in [-0.39, 0.29) is 18.4 Å². The zero-order valence-corrected chi connectivity index (χ0v) is 14.6. The second-order valence-corrected chi connectivity index (χ2v) is 6.22. The highest BCUT2D eigenvalue weighted by molar-refractivity contribution is 6.05. The SMILES string of the molecule is O=C(NCC(=O)N1CCN(c2ncccn2)CC1)c1n[nH]c2ccccc12. The number of amides is 2. The van der Waals surface area contributed by atoms with E-state index in [1.165, 1.54) is 0 Å². The molecule has 138 valence electrons. The van der Waals surface area contributed by atoms with Gasteiger partial charge in [0.2, 0.25) is 11.9 Å². The maximum absolute atomic E-state index is 12.4. The number of rotatable bonds is 4. The van der Waals surface area contributed by atoms with Crippen molar-refractivity contribution in [2.75, 3.05) is 37.6 Å². The Morgan fingerprint density at radius 3 is 2.56 bits per heavy atom. The van der Waals surface area contributed by atoms with Gasteiger partial charge in [0.25, 0.3) is 5.91 Å². The number of nitrogens with zero attached hydrogens (tertiary/aromatic N) is 5. The number of hydrogen-bond donors (Lipinski definition) is 2. The minimum Gasteiger partial charge on any atom is -0.342 e. The topological polar surface area (TPSA) is 107 Å². The van der Waals surface area contributed by atoms with Crippen molar-refractivity contribution in [2.45, 2.75) is 0 Å². The molecule has 27 heavy (non-hydrogen) atoms. The number of nitrogens with one attached hydrogen (secondary N) is 2. The van der Waals surface area contributed by atoms with Crippen molar-refractivity contribution in [3.05, 3.63) is 48.4 Å². The number of carbonyl (C=O) groups excluding carboxylic acids is 2. The van der Waals surface area contributed by atoms with Crippen LogP contribution in [0, 0.1) is 0 Å². The van der Waals surface area contributed by atoms with Crippen LogP contribution in [-0.2, 0) is 4.79 Å². The molecular formula is C18H19N7O2. The number of aromatic amines is 1. The molecule has 1 fully saturated rings. The van der Waals surface area contributed by atoms with Crippen molar-refractivity contribution in [1.29, 1.82) is 0 Å². The van der Waals surface area contributed by atoms with Crippen molar-refractivity contribution in [3.63, 3.8) is 0 Å². The zero-order chi connectivity index (χ0) is 18.6. The third-order valence-corrected chi connectivity index (χ3v) is 4.55. The van der Waals surface area contributed by atoms with Gasteiger partial charge in [-0.05, 0) is 12.1 Å². The van der Waals surface area contributed by atoms with E-state index in [2.05, 4.69) is 25.5 Å². The van der Waals surface area contributed by atoms with Crippen molar-refractivity contribution < 1.29 is 9.59 Å². The van der Waals surface area contributed by atoms with E-state index in [9.17, 15) is 9.59 Å². The number of aromatic nitrogens is 4. The summed E-state index contributed by atoms with van der Waals surface area (Å²) in [6.07, 6.45) is 3.41. The third kappa shape index (κ3) is 3.57. The van der Waals surface area contributed by atoms with Gasteiger partial charge in [0, 0.05) is 44.0 Å². The molecule has 0 radical (unpaired) electrons. The number of anilines is 1. The molecule has 1 saturated heterocycles. The average molecular weight is 365 g/mol. The van der Waals surface area contributed by atoms with Crippen molar-refractivity contribution >= 4 is 28.7 Å². The summed E-state index contributed by atoms with van der Waals surface area (Å²) in [6.45, 7) is 2.40. The van der Waals surface area contributed by atoms with Gasteiger partial charge in [-0.1, -0.05) is 18.2 Å². The predicted molar refractivity (Wildman–Crippen MR) is 99.3 cm³/mol. The Kier molecular flexibility index (Phi) is 4.65. The molecule has 0 bridgehead atoms. The van der Waals surface area contributed by atoms with Gasteiger partial charge in [-0.3, -0.25) is 14.7 Å². The van der Waals surface area contributed by atoms with Gasteiger partial charge < -0.3 is 15.1 Å². The third-order valence-electron chi connectivity index (χ3n) is 4.55. The van der Waals surface area contributed by atoms with Crippen LogP contribution in [0.5, 0.6) is 0 Å². The monoisotopic (exact) mass is 365 g/mol. The lowest BCUT2D eigenvalue weighted by Crippen LogP contribution is -2.51. The number of para-hydroxylation sites is 1. The number of piperazine rings is 1. The Morgan fingerprint density at radius 1 is 1.04 bits per heavy atom. The number of H-pyrrole nitrogens is 1. The zero-order valence-electron chi connectivity index (χ0n) is 14.6. The van der Waals surface area contributed by atoms with E-state index < -0.39 is 0 Å². The van der Waals surface area contributed by atoms with Crippen LogP contribution in [0.2, 0.25) is 0 Å². The molecule has 9 heteroatoms. The Morgan fingerprint density at radius 2 is 1.78 bits per heavy atom. The minimum absolute atomic E-state index is 0.0537. The van der Waals surface area contributed by atoms with Gasteiger partial charge >= 0.3 is 0 Å². The smallest absolute Gasteiger partial charge is 0.272 e. The standard InChI is InChI=1S/C18H19N7O2/c26-15(24-8-10-25(11-9-24)18-19-6-3-7-20-18)12-21-17(27)16-13-4-1-2-5-14(13)22-23-16/h1-7H,8-12H2,(H,21,27)(H,22,23). The van der Waals surface area contributed by atoms with Crippen LogP contribution in [0.3, 0.4) is 0 Å². The van der Waals surface area contributed by atoms with E-state index >= 15 is 0 Å². The molecule has 3 aromatic rings. The van der Waals surface area contributed by atoms with Gasteiger partial charge in [-0.2, -0.15) is 5.10 Å². The van der Waals surface area contributed by atoms with Gasteiger partial charge in [0.1, 0.15) is 0 Å².